The van der Waals surface area contributed by atoms with Crippen LogP contribution in [0.25, 0.3) is 55.6 Å². The van der Waals surface area contributed by atoms with E-state index in [1.165, 1.54) is 106 Å². The van der Waals surface area contributed by atoms with Crippen LogP contribution < -0.4 is 4.90 Å². The Hall–Kier alpha value is -8.00. The van der Waals surface area contributed by atoms with E-state index in [0.717, 1.165) is 17.1 Å². The van der Waals surface area contributed by atoms with Gasteiger partial charge in [0.2, 0.25) is 0 Å². The summed E-state index contributed by atoms with van der Waals surface area (Å²) in [6.45, 7) is 11.8. The Labute approximate surface area is 407 Å². The second-order valence-corrected chi connectivity index (χ2v) is 20.5. The predicted octanol–water partition coefficient (Wildman–Crippen LogP) is 17.8. The average Bonchev–Trinajstić information content (AvgIpc) is 3.81. The van der Waals surface area contributed by atoms with Crippen molar-refractivity contribution in [2.24, 2.45) is 0 Å². The number of anilines is 3. The largest absolute Gasteiger partial charge is 0.310 e. The van der Waals surface area contributed by atoms with Gasteiger partial charge >= 0.3 is 0 Å². The summed E-state index contributed by atoms with van der Waals surface area (Å²) in [5, 5.41) is 0. The molecule has 3 aliphatic carbocycles. The molecule has 3 aliphatic rings. The highest BCUT2D eigenvalue weighted by molar-refractivity contribution is 5.96. The highest BCUT2D eigenvalue weighted by Gasteiger charge is 2.53. The SMILES string of the molecule is Cc1ccccc1-c1cc(-c2ccc(-c3ccccc3)cc2)ccc1N(c1ccc2c(c1)C(C)(C)c1ccccc1-2)c1ccc2c(c1)C1(c3ccccc3-2)c2ccccc2C(C)(C)c2ccccc21. The number of nitrogens with zero attached hydrogens (tertiary/aromatic N) is 1. The van der Waals surface area contributed by atoms with Crippen LogP contribution in [0.2, 0.25) is 0 Å². The Morgan fingerprint density at radius 3 is 1.32 bits per heavy atom. The normalized spacial score (nSPS) is 14.8. The molecule has 1 spiro atoms. The Bertz CT molecular complexity index is 3630. The molecule has 0 atom stereocenters. The molecule has 0 aliphatic heterocycles. The lowest BCUT2D eigenvalue weighted by molar-refractivity contribution is 0.563. The van der Waals surface area contributed by atoms with Gasteiger partial charge in [0.15, 0.2) is 0 Å². The third kappa shape index (κ3) is 5.96. The zero-order valence-electron chi connectivity index (χ0n) is 39.9. The van der Waals surface area contributed by atoms with Crippen LogP contribution in [0.3, 0.4) is 0 Å². The lowest BCUT2D eigenvalue weighted by atomic mass is 9.55. The van der Waals surface area contributed by atoms with Gasteiger partial charge in [-0.3, -0.25) is 0 Å². The van der Waals surface area contributed by atoms with Crippen molar-refractivity contribution < 1.29 is 0 Å². The molecular formula is C68H53N. The fourth-order valence-electron chi connectivity index (χ4n) is 12.7. The van der Waals surface area contributed by atoms with Gasteiger partial charge in [-0.2, -0.15) is 0 Å². The summed E-state index contributed by atoms with van der Waals surface area (Å²) in [6, 6.07) is 86.9. The van der Waals surface area contributed by atoms with E-state index in [0.29, 0.717) is 0 Å². The van der Waals surface area contributed by atoms with E-state index in [9.17, 15) is 0 Å². The molecule has 330 valence electrons. The third-order valence-electron chi connectivity index (χ3n) is 16.1. The summed E-state index contributed by atoms with van der Waals surface area (Å²) in [7, 11) is 0. The number of hydrogen-bond donors (Lipinski definition) is 0. The number of rotatable bonds is 6. The monoisotopic (exact) mass is 883 g/mol. The van der Waals surface area contributed by atoms with Gasteiger partial charge in [0.25, 0.3) is 0 Å². The lowest BCUT2D eigenvalue weighted by Crippen LogP contribution is -2.40. The van der Waals surface area contributed by atoms with Crippen LogP contribution in [0.15, 0.2) is 231 Å². The second kappa shape index (κ2) is 15.3. The molecule has 10 aromatic rings. The number of fused-ring (bicyclic) bond motifs is 12. The lowest BCUT2D eigenvalue weighted by Gasteiger charge is -2.46. The quantitative estimate of drug-likeness (QED) is 0.161. The first-order chi connectivity index (χ1) is 33.7. The summed E-state index contributed by atoms with van der Waals surface area (Å²) < 4.78 is 0. The van der Waals surface area contributed by atoms with E-state index in [1.54, 1.807) is 0 Å². The molecule has 0 saturated carbocycles. The van der Waals surface area contributed by atoms with Gasteiger partial charge in [0.05, 0.1) is 11.1 Å². The molecule has 0 fully saturated rings. The van der Waals surface area contributed by atoms with Crippen LogP contribution in [0.1, 0.15) is 77.8 Å². The maximum atomic E-state index is 2.56. The minimum Gasteiger partial charge on any atom is -0.310 e. The number of aryl methyl sites for hydroxylation is 1. The maximum absolute atomic E-state index is 2.56. The predicted molar refractivity (Wildman–Crippen MR) is 289 cm³/mol. The van der Waals surface area contributed by atoms with Crippen molar-refractivity contribution in [3.63, 3.8) is 0 Å². The minimum absolute atomic E-state index is 0.172. The molecule has 13 rings (SSSR count). The molecule has 1 heteroatoms. The Morgan fingerprint density at radius 2 is 0.696 bits per heavy atom. The first kappa shape index (κ1) is 41.2. The zero-order chi connectivity index (χ0) is 46.6. The molecule has 10 aromatic carbocycles. The fourth-order valence-corrected chi connectivity index (χ4v) is 12.7. The van der Waals surface area contributed by atoms with E-state index in [4.69, 9.17) is 0 Å². The molecule has 0 bridgehead atoms. The van der Waals surface area contributed by atoms with Crippen LogP contribution >= 0.6 is 0 Å². The Kier molecular flexibility index (Phi) is 9.11. The van der Waals surface area contributed by atoms with Gasteiger partial charge in [-0.25, -0.2) is 0 Å². The van der Waals surface area contributed by atoms with E-state index < -0.39 is 5.41 Å². The maximum Gasteiger partial charge on any atom is 0.0720 e. The third-order valence-corrected chi connectivity index (χ3v) is 16.1. The van der Waals surface area contributed by atoms with Crippen LogP contribution in [0.4, 0.5) is 17.1 Å². The second-order valence-electron chi connectivity index (χ2n) is 20.5. The molecule has 0 N–H and O–H groups in total. The molecule has 1 nitrogen and oxygen atoms in total. The summed E-state index contributed by atoms with van der Waals surface area (Å²) in [6.07, 6.45) is 0. The van der Waals surface area contributed by atoms with Crippen LogP contribution in [0.5, 0.6) is 0 Å². The van der Waals surface area contributed by atoms with Crippen LogP contribution in [0, 0.1) is 6.92 Å². The van der Waals surface area contributed by atoms with Crippen molar-refractivity contribution in [1.82, 2.24) is 0 Å². The van der Waals surface area contributed by atoms with Gasteiger partial charge in [-0.05, 0) is 143 Å². The van der Waals surface area contributed by atoms with E-state index in [2.05, 4.69) is 270 Å². The van der Waals surface area contributed by atoms with Crippen molar-refractivity contribution in [3.8, 4) is 55.6 Å². The number of hydrogen-bond acceptors (Lipinski definition) is 1. The minimum atomic E-state index is -0.521. The summed E-state index contributed by atoms with van der Waals surface area (Å²) in [5.74, 6) is 0. The average molecular weight is 884 g/mol. The molecule has 0 amide bonds. The standard InChI is InChI=1S/C68H53N/c1-44-19-9-10-22-51(44)56-41-48(47-33-31-46(32-34-47)45-20-7-6-8-21-45)35-40-65(56)69(49-36-38-54-52-23-11-13-25-57(52)66(2,3)63(54)42-49)50-37-39-55-53-24-12-14-26-58(53)68(64(55)43-50)61-29-17-15-27-59(61)67(4,5)60-28-16-18-30-62(60)68/h6-43H,1-5H3. The van der Waals surface area contributed by atoms with E-state index in [1.807, 2.05) is 0 Å². The first-order valence-corrected chi connectivity index (χ1v) is 24.5. The van der Waals surface area contributed by atoms with Crippen molar-refractivity contribution in [2.45, 2.75) is 50.9 Å². The summed E-state index contributed by atoms with van der Waals surface area (Å²) in [4.78, 5) is 2.56. The van der Waals surface area contributed by atoms with Gasteiger partial charge in [-0.1, -0.05) is 222 Å². The van der Waals surface area contributed by atoms with Crippen LogP contribution in [-0.2, 0) is 16.2 Å². The molecule has 0 unspecified atom stereocenters. The molecular weight excluding hydrogens is 831 g/mol. The number of benzene rings is 10. The molecule has 0 saturated heterocycles. The van der Waals surface area contributed by atoms with Crippen molar-refractivity contribution in [1.29, 1.82) is 0 Å². The Morgan fingerprint density at radius 1 is 0.275 bits per heavy atom. The van der Waals surface area contributed by atoms with Crippen LogP contribution in [-0.4, -0.2) is 0 Å². The van der Waals surface area contributed by atoms with E-state index >= 15 is 0 Å². The first-order valence-electron chi connectivity index (χ1n) is 24.5. The van der Waals surface area contributed by atoms with Gasteiger partial charge < -0.3 is 4.90 Å². The van der Waals surface area contributed by atoms with Crippen molar-refractivity contribution in [2.75, 3.05) is 4.90 Å². The van der Waals surface area contributed by atoms with Gasteiger partial charge in [0, 0.05) is 27.8 Å². The zero-order valence-corrected chi connectivity index (χ0v) is 39.9. The molecule has 0 heterocycles. The molecule has 0 radical (unpaired) electrons. The summed E-state index contributed by atoms with van der Waals surface area (Å²) >= 11 is 0. The smallest absolute Gasteiger partial charge is 0.0720 e. The molecule has 69 heavy (non-hydrogen) atoms. The van der Waals surface area contributed by atoms with Crippen molar-refractivity contribution in [3.05, 3.63) is 281 Å². The topological polar surface area (TPSA) is 3.24 Å². The highest BCUT2D eigenvalue weighted by atomic mass is 15.1. The Balaban J connectivity index is 1.08. The van der Waals surface area contributed by atoms with Crippen molar-refractivity contribution >= 4 is 17.1 Å². The van der Waals surface area contributed by atoms with Gasteiger partial charge in [0.1, 0.15) is 0 Å². The van der Waals surface area contributed by atoms with Gasteiger partial charge in [-0.15, -0.1) is 0 Å². The van der Waals surface area contributed by atoms with E-state index in [-0.39, 0.29) is 10.8 Å². The fraction of sp³-hybridized carbons (Fsp3) is 0.118. The summed E-state index contributed by atoms with van der Waals surface area (Å²) in [5.41, 5.74) is 27.1. The molecule has 0 aromatic heterocycles. The highest BCUT2D eigenvalue weighted by Crippen LogP contribution is 2.63.